The van der Waals surface area contributed by atoms with E-state index in [-0.39, 0.29) is 11.5 Å². The third kappa shape index (κ3) is 2.96. The Morgan fingerprint density at radius 3 is 2.92 bits per heavy atom. The third-order valence-electron chi connectivity index (χ3n) is 5.85. The van der Waals surface area contributed by atoms with Gasteiger partial charge in [0.15, 0.2) is 5.65 Å². The predicted molar refractivity (Wildman–Crippen MR) is 94.1 cm³/mol. The van der Waals surface area contributed by atoms with Crippen LogP contribution in [0.15, 0.2) is 17.3 Å². The first kappa shape index (κ1) is 16.3. The second-order valence-electron chi connectivity index (χ2n) is 7.34. The van der Waals surface area contributed by atoms with E-state index in [4.69, 9.17) is 0 Å². The lowest BCUT2D eigenvalue weighted by Gasteiger charge is -2.44. The second kappa shape index (κ2) is 6.61. The Morgan fingerprint density at radius 1 is 1.24 bits per heavy atom. The van der Waals surface area contributed by atoms with Crippen LogP contribution in [0.4, 0.5) is 0 Å². The van der Waals surface area contributed by atoms with Crippen LogP contribution >= 0.6 is 0 Å². The molecule has 0 unspecified atom stereocenters. The zero-order chi connectivity index (χ0) is 17.4. The summed E-state index contributed by atoms with van der Waals surface area (Å²) < 4.78 is 3.12. The van der Waals surface area contributed by atoms with E-state index >= 15 is 0 Å². The summed E-state index contributed by atoms with van der Waals surface area (Å²) in [5.41, 5.74) is 0.453. The summed E-state index contributed by atoms with van der Waals surface area (Å²) in [5, 5.41) is 4.58. The van der Waals surface area contributed by atoms with Gasteiger partial charge in [-0.2, -0.15) is 5.10 Å². The third-order valence-corrected chi connectivity index (χ3v) is 5.85. The molecule has 0 aromatic carbocycles. The van der Waals surface area contributed by atoms with Crippen molar-refractivity contribution in [2.75, 3.05) is 6.54 Å². The van der Waals surface area contributed by atoms with Crippen LogP contribution in [0.1, 0.15) is 44.9 Å². The first-order valence-electron chi connectivity index (χ1n) is 9.32. The average Bonchev–Trinajstić information content (AvgIpc) is 3.02. The summed E-state index contributed by atoms with van der Waals surface area (Å²) >= 11 is 0. The Kier molecular flexibility index (Phi) is 4.31. The zero-order valence-electron chi connectivity index (χ0n) is 14.7. The van der Waals surface area contributed by atoms with Crippen molar-refractivity contribution >= 4 is 16.9 Å². The molecule has 1 amide bonds. The molecule has 25 heavy (non-hydrogen) atoms. The molecule has 7 nitrogen and oxygen atoms in total. The fourth-order valence-corrected chi connectivity index (χ4v) is 4.52. The predicted octanol–water partition coefficient (Wildman–Crippen LogP) is 1.70. The van der Waals surface area contributed by atoms with Crippen LogP contribution in [0.3, 0.4) is 0 Å². The van der Waals surface area contributed by atoms with Crippen molar-refractivity contribution in [3.05, 3.63) is 22.9 Å². The molecule has 3 heterocycles. The summed E-state index contributed by atoms with van der Waals surface area (Å²) in [4.78, 5) is 31.7. The van der Waals surface area contributed by atoms with Gasteiger partial charge in [0.2, 0.25) is 5.91 Å². The van der Waals surface area contributed by atoms with E-state index < -0.39 is 0 Å². The number of hydrogen-bond acceptors (Lipinski definition) is 4. The molecule has 0 bridgehead atoms. The van der Waals surface area contributed by atoms with Crippen LogP contribution in [-0.2, 0) is 18.4 Å². The lowest BCUT2D eigenvalue weighted by Crippen LogP contribution is -2.49. The van der Waals surface area contributed by atoms with Gasteiger partial charge < -0.3 is 4.90 Å². The molecule has 4 rings (SSSR count). The summed E-state index contributed by atoms with van der Waals surface area (Å²) in [7, 11) is 1.76. The van der Waals surface area contributed by atoms with Crippen molar-refractivity contribution in [2.24, 2.45) is 13.0 Å². The normalized spacial score (nSPS) is 23.6. The van der Waals surface area contributed by atoms with Crippen molar-refractivity contribution in [3.63, 3.8) is 0 Å². The monoisotopic (exact) mass is 343 g/mol. The first-order chi connectivity index (χ1) is 12.1. The molecule has 134 valence electrons. The topological polar surface area (TPSA) is 73.0 Å². The number of aryl methyl sites for hydroxylation is 2. The van der Waals surface area contributed by atoms with Crippen LogP contribution in [0, 0.1) is 5.92 Å². The van der Waals surface area contributed by atoms with Crippen LogP contribution in [0.2, 0.25) is 0 Å². The molecule has 2 atom stereocenters. The largest absolute Gasteiger partial charge is 0.339 e. The molecule has 2 fully saturated rings. The van der Waals surface area contributed by atoms with Gasteiger partial charge in [0.25, 0.3) is 5.56 Å². The number of carbonyl (C=O) groups excluding carboxylic acids is 1. The highest BCUT2D eigenvalue weighted by molar-refractivity contribution is 5.77. The number of hydrogen-bond donors (Lipinski definition) is 0. The van der Waals surface area contributed by atoms with Gasteiger partial charge in [0, 0.05) is 32.6 Å². The van der Waals surface area contributed by atoms with E-state index in [9.17, 15) is 9.59 Å². The maximum Gasteiger partial charge on any atom is 0.264 e. The van der Waals surface area contributed by atoms with E-state index in [0.717, 1.165) is 19.4 Å². The van der Waals surface area contributed by atoms with Crippen molar-refractivity contribution in [3.8, 4) is 0 Å². The molecule has 1 saturated carbocycles. The van der Waals surface area contributed by atoms with E-state index in [1.807, 2.05) is 0 Å². The smallest absolute Gasteiger partial charge is 0.264 e. The Balaban J connectivity index is 1.46. The van der Waals surface area contributed by atoms with Gasteiger partial charge in [0.05, 0.1) is 12.5 Å². The molecule has 0 spiro atoms. The molecular formula is C18H25N5O2. The molecule has 1 aliphatic heterocycles. The Bertz CT molecular complexity index is 838. The summed E-state index contributed by atoms with van der Waals surface area (Å²) in [5.74, 6) is 0.859. The average molecular weight is 343 g/mol. The fraction of sp³-hybridized carbons (Fsp3) is 0.667. The van der Waals surface area contributed by atoms with Gasteiger partial charge in [-0.15, -0.1) is 0 Å². The maximum atomic E-state index is 12.8. The summed E-state index contributed by atoms with van der Waals surface area (Å²) in [6.45, 7) is 1.25. The number of likely N-dealkylation sites (tertiary alicyclic amines) is 1. The van der Waals surface area contributed by atoms with Gasteiger partial charge in [-0.25, -0.2) is 4.98 Å². The van der Waals surface area contributed by atoms with Gasteiger partial charge in [-0.3, -0.25) is 18.8 Å². The number of amides is 1. The standard InChI is InChI=1S/C18H25N5O2/c1-21-17-14(11-20-21)18(25)22(12-19-17)10-8-16(24)23-9-4-6-13-5-2-3-7-15(13)23/h11-13,15H,2-10H2,1H3/t13-,15-/m0/s1. The lowest BCUT2D eigenvalue weighted by atomic mass is 9.78. The van der Waals surface area contributed by atoms with Gasteiger partial charge in [-0.05, 0) is 31.6 Å². The lowest BCUT2D eigenvalue weighted by molar-refractivity contribution is -0.137. The van der Waals surface area contributed by atoms with Crippen LogP contribution in [-0.4, -0.2) is 42.7 Å². The van der Waals surface area contributed by atoms with Gasteiger partial charge in [-0.1, -0.05) is 12.8 Å². The summed E-state index contributed by atoms with van der Waals surface area (Å²) in [6, 6.07) is 0.422. The number of nitrogens with zero attached hydrogens (tertiary/aromatic N) is 5. The molecule has 2 aliphatic rings. The minimum Gasteiger partial charge on any atom is -0.339 e. The SMILES string of the molecule is Cn1ncc2c(=O)n(CCC(=O)N3CCC[C@@H]4CCCC[C@@H]43)cnc21. The van der Waals surface area contributed by atoms with E-state index in [2.05, 4.69) is 15.0 Å². The molecule has 1 saturated heterocycles. The van der Waals surface area contributed by atoms with E-state index in [1.165, 1.54) is 36.6 Å². The first-order valence-corrected chi connectivity index (χ1v) is 9.32. The van der Waals surface area contributed by atoms with E-state index in [1.54, 1.807) is 17.9 Å². The molecule has 0 N–H and O–H groups in total. The molecule has 1 aliphatic carbocycles. The van der Waals surface area contributed by atoms with Gasteiger partial charge >= 0.3 is 0 Å². The minimum absolute atomic E-state index is 0.125. The number of fused-ring (bicyclic) bond motifs is 2. The Morgan fingerprint density at radius 2 is 2.04 bits per heavy atom. The zero-order valence-corrected chi connectivity index (χ0v) is 14.7. The molecule has 7 heteroatoms. The quantitative estimate of drug-likeness (QED) is 0.850. The fourth-order valence-electron chi connectivity index (χ4n) is 4.52. The number of carbonyl (C=O) groups is 1. The van der Waals surface area contributed by atoms with Crippen molar-refractivity contribution < 1.29 is 4.79 Å². The second-order valence-corrected chi connectivity index (χ2v) is 7.34. The van der Waals surface area contributed by atoms with Crippen molar-refractivity contribution in [1.29, 1.82) is 0 Å². The Hall–Kier alpha value is -2.18. The van der Waals surface area contributed by atoms with Crippen LogP contribution in [0.5, 0.6) is 0 Å². The molecular weight excluding hydrogens is 318 g/mol. The van der Waals surface area contributed by atoms with E-state index in [0.29, 0.717) is 36.0 Å². The van der Waals surface area contributed by atoms with Crippen molar-refractivity contribution in [1.82, 2.24) is 24.2 Å². The highest BCUT2D eigenvalue weighted by Gasteiger charge is 2.35. The number of aromatic nitrogens is 4. The number of piperidine rings is 1. The maximum absolute atomic E-state index is 12.8. The minimum atomic E-state index is -0.125. The highest BCUT2D eigenvalue weighted by atomic mass is 16.2. The van der Waals surface area contributed by atoms with Crippen LogP contribution in [0.25, 0.3) is 11.0 Å². The number of rotatable bonds is 3. The van der Waals surface area contributed by atoms with Crippen molar-refractivity contribution in [2.45, 2.75) is 57.5 Å². The molecule has 2 aromatic heterocycles. The van der Waals surface area contributed by atoms with Crippen LogP contribution < -0.4 is 5.56 Å². The molecule has 2 aromatic rings. The highest BCUT2D eigenvalue weighted by Crippen LogP contribution is 2.35. The van der Waals surface area contributed by atoms with Gasteiger partial charge in [0.1, 0.15) is 5.39 Å². The summed E-state index contributed by atoms with van der Waals surface area (Å²) in [6.07, 6.45) is 10.7. The Labute approximate surface area is 146 Å². The molecule has 0 radical (unpaired) electrons.